The molecule has 2 aromatic rings. The standard InChI is InChI=1S/C11H7BrClN3O4/c1-19-6-2-3-7(16(17)18)8(4-6)20-11-9(12)10(13)14-5-15-11/h2-5H,1H3. The molecule has 0 spiro atoms. The molecule has 104 valence electrons. The molecule has 2 rings (SSSR count). The fourth-order valence-electron chi connectivity index (χ4n) is 1.36. The lowest BCUT2D eigenvalue weighted by atomic mass is 10.3. The molecule has 0 atom stereocenters. The van der Waals surface area contributed by atoms with Crippen molar-refractivity contribution >= 4 is 33.2 Å². The molecule has 9 heteroatoms. The smallest absolute Gasteiger partial charge is 0.311 e. The van der Waals surface area contributed by atoms with Crippen molar-refractivity contribution in [1.29, 1.82) is 0 Å². The largest absolute Gasteiger partial charge is 0.497 e. The van der Waals surface area contributed by atoms with E-state index >= 15 is 0 Å². The number of nitro benzene ring substituents is 1. The third-order valence-electron chi connectivity index (χ3n) is 2.29. The fourth-order valence-corrected chi connectivity index (χ4v) is 1.77. The molecule has 1 aromatic carbocycles. The summed E-state index contributed by atoms with van der Waals surface area (Å²) in [4.78, 5) is 18.0. The highest BCUT2D eigenvalue weighted by Gasteiger charge is 2.19. The second-order valence-corrected chi connectivity index (χ2v) is 4.63. The Kier molecular flexibility index (Phi) is 4.35. The van der Waals surface area contributed by atoms with E-state index in [4.69, 9.17) is 21.1 Å². The van der Waals surface area contributed by atoms with Gasteiger partial charge in [-0.1, -0.05) is 11.6 Å². The number of nitro groups is 1. The first-order valence-corrected chi connectivity index (χ1v) is 6.36. The normalized spacial score (nSPS) is 10.2. The molecule has 0 saturated heterocycles. The molecule has 1 aromatic heterocycles. The molecule has 0 radical (unpaired) electrons. The number of hydrogen-bond acceptors (Lipinski definition) is 6. The summed E-state index contributed by atoms with van der Waals surface area (Å²) in [7, 11) is 1.45. The predicted molar refractivity (Wildman–Crippen MR) is 74.5 cm³/mol. The van der Waals surface area contributed by atoms with E-state index in [-0.39, 0.29) is 22.5 Å². The van der Waals surface area contributed by atoms with E-state index < -0.39 is 4.92 Å². The van der Waals surface area contributed by atoms with Gasteiger partial charge < -0.3 is 9.47 Å². The first-order chi connectivity index (χ1) is 9.52. The van der Waals surface area contributed by atoms with E-state index in [1.807, 2.05) is 0 Å². The molecule has 0 saturated carbocycles. The van der Waals surface area contributed by atoms with Crippen LogP contribution in [0.3, 0.4) is 0 Å². The Balaban J connectivity index is 2.46. The highest BCUT2D eigenvalue weighted by atomic mass is 79.9. The average molecular weight is 361 g/mol. The number of halogens is 2. The molecule has 0 unspecified atom stereocenters. The number of ether oxygens (including phenoxy) is 2. The van der Waals surface area contributed by atoms with Gasteiger partial charge in [0.15, 0.2) is 5.15 Å². The van der Waals surface area contributed by atoms with Crippen LogP contribution >= 0.6 is 27.5 Å². The molecule has 20 heavy (non-hydrogen) atoms. The van der Waals surface area contributed by atoms with Gasteiger partial charge in [-0.25, -0.2) is 9.97 Å². The van der Waals surface area contributed by atoms with Gasteiger partial charge in [0.25, 0.3) is 0 Å². The Morgan fingerprint density at radius 2 is 2.15 bits per heavy atom. The van der Waals surface area contributed by atoms with E-state index in [1.165, 1.54) is 31.6 Å². The van der Waals surface area contributed by atoms with Gasteiger partial charge in [-0.3, -0.25) is 10.1 Å². The van der Waals surface area contributed by atoms with Crippen molar-refractivity contribution in [1.82, 2.24) is 9.97 Å². The summed E-state index contributed by atoms with van der Waals surface area (Å²) < 4.78 is 10.7. The molecule has 0 aliphatic rings. The van der Waals surface area contributed by atoms with Crippen LogP contribution in [0.15, 0.2) is 29.0 Å². The number of nitrogens with zero attached hydrogens (tertiary/aromatic N) is 3. The van der Waals surface area contributed by atoms with Gasteiger partial charge in [0.05, 0.1) is 12.0 Å². The molecule has 0 aliphatic carbocycles. The Bertz CT molecular complexity index is 668. The highest BCUT2D eigenvalue weighted by molar-refractivity contribution is 9.10. The fraction of sp³-hybridized carbons (Fsp3) is 0.0909. The maximum atomic E-state index is 11.0. The van der Waals surface area contributed by atoms with E-state index in [2.05, 4.69) is 25.9 Å². The summed E-state index contributed by atoms with van der Waals surface area (Å²) in [5.74, 6) is 0.480. The first-order valence-electron chi connectivity index (χ1n) is 5.19. The van der Waals surface area contributed by atoms with E-state index in [0.29, 0.717) is 10.2 Å². The zero-order chi connectivity index (χ0) is 14.7. The van der Waals surface area contributed by atoms with Crippen LogP contribution in [0.1, 0.15) is 0 Å². The predicted octanol–water partition coefficient (Wildman–Crippen LogP) is 3.60. The highest BCUT2D eigenvalue weighted by Crippen LogP contribution is 2.37. The van der Waals surface area contributed by atoms with Crippen molar-refractivity contribution in [3.63, 3.8) is 0 Å². The van der Waals surface area contributed by atoms with Crippen LogP contribution < -0.4 is 9.47 Å². The minimum atomic E-state index is -0.564. The molecule has 0 aliphatic heterocycles. The van der Waals surface area contributed by atoms with Crippen molar-refractivity contribution in [2.24, 2.45) is 0 Å². The molecule has 0 amide bonds. The Hall–Kier alpha value is -1.93. The number of benzene rings is 1. The maximum absolute atomic E-state index is 11.0. The van der Waals surface area contributed by atoms with E-state index in [9.17, 15) is 10.1 Å². The summed E-state index contributed by atoms with van der Waals surface area (Å²) in [5.41, 5.74) is -0.215. The average Bonchev–Trinajstić information content (AvgIpc) is 2.43. The summed E-state index contributed by atoms with van der Waals surface area (Å²) in [6, 6.07) is 4.14. The molecule has 0 bridgehead atoms. The topological polar surface area (TPSA) is 87.4 Å². The Labute approximate surface area is 126 Å². The van der Waals surface area contributed by atoms with Crippen molar-refractivity contribution in [2.45, 2.75) is 0 Å². The number of aromatic nitrogens is 2. The van der Waals surface area contributed by atoms with Gasteiger partial charge >= 0.3 is 5.69 Å². The summed E-state index contributed by atoms with van der Waals surface area (Å²) in [5, 5.41) is 11.1. The minimum Gasteiger partial charge on any atom is -0.497 e. The summed E-state index contributed by atoms with van der Waals surface area (Å²) in [6.07, 6.45) is 1.19. The van der Waals surface area contributed by atoms with Crippen LogP contribution in [0.5, 0.6) is 17.4 Å². The zero-order valence-electron chi connectivity index (χ0n) is 10.0. The lowest BCUT2D eigenvalue weighted by Crippen LogP contribution is -1.97. The van der Waals surface area contributed by atoms with Gasteiger partial charge in [0.1, 0.15) is 16.5 Å². The third-order valence-corrected chi connectivity index (χ3v) is 3.51. The number of rotatable bonds is 4. The van der Waals surface area contributed by atoms with Crippen molar-refractivity contribution in [2.75, 3.05) is 7.11 Å². The Morgan fingerprint density at radius 1 is 1.40 bits per heavy atom. The van der Waals surface area contributed by atoms with Crippen LogP contribution in [-0.4, -0.2) is 22.0 Å². The monoisotopic (exact) mass is 359 g/mol. The second-order valence-electron chi connectivity index (χ2n) is 3.48. The molecule has 7 nitrogen and oxygen atoms in total. The number of methoxy groups -OCH3 is 1. The lowest BCUT2D eigenvalue weighted by molar-refractivity contribution is -0.385. The molecular formula is C11H7BrClN3O4. The summed E-state index contributed by atoms with van der Waals surface area (Å²) in [6.45, 7) is 0. The van der Waals surface area contributed by atoms with Crippen LogP contribution in [0.4, 0.5) is 5.69 Å². The van der Waals surface area contributed by atoms with Crippen LogP contribution in [0.2, 0.25) is 5.15 Å². The van der Waals surface area contributed by atoms with Gasteiger partial charge in [-0.2, -0.15) is 0 Å². The van der Waals surface area contributed by atoms with Gasteiger partial charge in [-0.15, -0.1) is 0 Å². The van der Waals surface area contributed by atoms with Crippen LogP contribution in [-0.2, 0) is 0 Å². The van der Waals surface area contributed by atoms with Crippen molar-refractivity contribution in [3.8, 4) is 17.4 Å². The zero-order valence-corrected chi connectivity index (χ0v) is 12.4. The number of hydrogen-bond donors (Lipinski definition) is 0. The minimum absolute atomic E-state index is 0.00943. The molecule has 0 N–H and O–H groups in total. The van der Waals surface area contributed by atoms with Crippen LogP contribution in [0, 0.1) is 10.1 Å². The quantitative estimate of drug-likeness (QED) is 0.470. The molecule has 0 fully saturated rings. The second kappa shape index (κ2) is 6.02. The van der Waals surface area contributed by atoms with Gasteiger partial charge in [0, 0.05) is 12.1 Å². The van der Waals surface area contributed by atoms with Gasteiger partial charge in [0.2, 0.25) is 11.6 Å². The van der Waals surface area contributed by atoms with E-state index in [1.54, 1.807) is 0 Å². The summed E-state index contributed by atoms with van der Waals surface area (Å²) >= 11 is 8.96. The van der Waals surface area contributed by atoms with Gasteiger partial charge in [-0.05, 0) is 22.0 Å². The van der Waals surface area contributed by atoms with E-state index in [0.717, 1.165) is 0 Å². The van der Waals surface area contributed by atoms with Crippen LogP contribution in [0.25, 0.3) is 0 Å². The third kappa shape index (κ3) is 2.97. The SMILES string of the molecule is COc1ccc([N+](=O)[O-])c(Oc2ncnc(Cl)c2Br)c1. The van der Waals surface area contributed by atoms with Crippen molar-refractivity contribution < 1.29 is 14.4 Å². The molecule has 1 heterocycles. The molecular weight excluding hydrogens is 353 g/mol. The van der Waals surface area contributed by atoms with Crippen molar-refractivity contribution in [3.05, 3.63) is 44.3 Å². The lowest BCUT2D eigenvalue weighted by Gasteiger charge is -2.08. The first kappa shape index (κ1) is 14.5. The Morgan fingerprint density at radius 3 is 2.80 bits per heavy atom. The maximum Gasteiger partial charge on any atom is 0.311 e.